The van der Waals surface area contributed by atoms with E-state index in [-0.39, 0.29) is 18.3 Å². The predicted octanol–water partition coefficient (Wildman–Crippen LogP) is 1.90. The van der Waals surface area contributed by atoms with E-state index < -0.39 is 10.0 Å². The van der Waals surface area contributed by atoms with Crippen molar-refractivity contribution >= 4 is 28.3 Å². The van der Waals surface area contributed by atoms with E-state index >= 15 is 0 Å². The topological polar surface area (TPSA) is 78.5 Å². The Labute approximate surface area is 156 Å². The number of sulfonamides is 1. The fraction of sp³-hybridized carbons (Fsp3) is 0.588. The van der Waals surface area contributed by atoms with Gasteiger partial charge in [-0.15, -0.1) is 12.4 Å². The molecule has 142 valence electrons. The molecular formula is C17H28ClN3O3S. The molecule has 6 nitrogen and oxygen atoms in total. The highest BCUT2D eigenvalue weighted by atomic mass is 35.5. The Hall–Kier alpha value is -1.15. The Morgan fingerprint density at radius 2 is 1.76 bits per heavy atom. The zero-order valence-corrected chi connectivity index (χ0v) is 16.3. The summed E-state index contributed by atoms with van der Waals surface area (Å²) < 4.78 is 26.7. The minimum absolute atomic E-state index is 0. The van der Waals surface area contributed by atoms with E-state index in [0.29, 0.717) is 31.0 Å². The molecule has 1 aliphatic heterocycles. The van der Waals surface area contributed by atoms with Crippen molar-refractivity contribution in [3.8, 4) is 0 Å². The molecule has 0 aliphatic carbocycles. The maximum atomic E-state index is 12.6. The second-order valence-electron chi connectivity index (χ2n) is 6.09. The van der Waals surface area contributed by atoms with Crippen LogP contribution in [0.25, 0.3) is 0 Å². The van der Waals surface area contributed by atoms with Gasteiger partial charge in [0.1, 0.15) is 0 Å². The Morgan fingerprint density at radius 3 is 2.36 bits per heavy atom. The number of benzene rings is 1. The van der Waals surface area contributed by atoms with E-state index in [1.165, 1.54) is 0 Å². The summed E-state index contributed by atoms with van der Waals surface area (Å²) in [6, 6.07) is 6.80. The maximum absolute atomic E-state index is 12.6. The monoisotopic (exact) mass is 389 g/mol. The van der Waals surface area contributed by atoms with Gasteiger partial charge in [0.25, 0.3) is 0 Å². The lowest BCUT2D eigenvalue weighted by Crippen LogP contribution is -2.35. The van der Waals surface area contributed by atoms with Crippen LogP contribution in [0.4, 0.5) is 0 Å². The molecular weight excluding hydrogens is 362 g/mol. The van der Waals surface area contributed by atoms with Crippen LogP contribution in [0.1, 0.15) is 37.7 Å². The van der Waals surface area contributed by atoms with E-state index in [1.807, 2.05) is 7.05 Å². The molecule has 0 radical (unpaired) electrons. The first-order valence-electron chi connectivity index (χ1n) is 8.54. The SMILES string of the molecule is CNCCCC(=O)NCc1ccc(S(=O)(=O)N2CCCCC2)cc1.Cl. The van der Waals surface area contributed by atoms with Gasteiger partial charge in [0.05, 0.1) is 4.90 Å². The number of carbonyl (C=O) groups is 1. The first kappa shape index (κ1) is 21.9. The Balaban J connectivity index is 0.00000312. The molecule has 1 heterocycles. The molecule has 1 aromatic carbocycles. The highest BCUT2D eigenvalue weighted by molar-refractivity contribution is 7.89. The van der Waals surface area contributed by atoms with Crippen molar-refractivity contribution in [2.75, 3.05) is 26.7 Å². The molecule has 8 heteroatoms. The Kier molecular flexibility index (Phi) is 9.42. The average Bonchev–Trinajstić information content (AvgIpc) is 2.61. The van der Waals surface area contributed by atoms with Crippen molar-refractivity contribution in [1.29, 1.82) is 0 Å². The number of hydrogen-bond acceptors (Lipinski definition) is 4. The summed E-state index contributed by atoms with van der Waals surface area (Å²) in [5, 5.41) is 5.86. The molecule has 0 bridgehead atoms. The van der Waals surface area contributed by atoms with Gasteiger partial charge in [-0.3, -0.25) is 4.79 Å². The lowest BCUT2D eigenvalue weighted by atomic mass is 10.2. The first-order valence-corrected chi connectivity index (χ1v) is 9.98. The molecule has 1 aliphatic rings. The average molecular weight is 390 g/mol. The molecule has 1 fully saturated rings. The summed E-state index contributed by atoms with van der Waals surface area (Å²) in [4.78, 5) is 12.0. The quantitative estimate of drug-likeness (QED) is 0.665. The van der Waals surface area contributed by atoms with Gasteiger partial charge >= 0.3 is 0 Å². The number of amides is 1. The van der Waals surface area contributed by atoms with Crippen molar-refractivity contribution in [2.45, 2.75) is 43.5 Å². The number of nitrogens with zero attached hydrogens (tertiary/aromatic N) is 1. The molecule has 0 aromatic heterocycles. The third-order valence-electron chi connectivity index (χ3n) is 4.20. The smallest absolute Gasteiger partial charge is 0.243 e. The fourth-order valence-electron chi connectivity index (χ4n) is 2.75. The van der Waals surface area contributed by atoms with Crippen LogP contribution in [0.2, 0.25) is 0 Å². The second-order valence-corrected chi connectivity index (χ2v) is 8.03. The van der Waals surface area contributed by atoms with Crippen molar-refractivity contribution in [3.63, 3.8) is 0 Å². The third-order valence-corrected chi connectivity index (χ3v) is 6.11. The minimum Gasteiger partial charge on any atom is -0.352 e. The maximum Gasteiger partial charge on any atom is 0.243 e. The molecule has 1 amide bonds. The highest BCUT2D eigenvalue weighted by Crippen LogP contribution is 2.20. The van der Waals surface area contributed by atoms with E-state index in [4.69, 9.17) is 0 Å². The van der Waals surface area contributed by atoms with Crippen LogP contribution in [0.15, 0.2) is 29.2 Å². The molecule has 0 unspecified atom stereocenters. The molecule has 1 aromatic rings. The number of piperidine rings is 1. The summed E-state index contributed by atoms with van der Waals surface area (Å²) in [6.45, 7) is 2.44. The first-order chi connectivity index (χ1) is 11.5. The summed E-state index contributed by atoms with van der Waals surface area (Å²) in [7, 11) is -1.53. The van der Waals surface area contributed by atoms with Gasteiger partial charge in [0.2, 0.25) is 15.9 Å². The molecule has 1 saturated heterocycles. The van der Waals surface area contributed by atoms with Gasteiger partial charge in [-0.2, -0.15) is 4.31 Å². The van der Waals surface area contributed by atoms with Crippen LogP contribution in [0.3, 0.4) is 0 Å². The number of halogens is 1. The van der Waals surface area contributed by atoms with Crippen LogP contribution in [-0.4, -0.2) is 45.3 Å². The lowest BCUT2D eigenvalue weighted by Gasteiger charge is -2.25. The van der Waals surface area contributed by atoms with Gasteiger partial charge in [-0.05, 0) is 50.6 Å². The summed E-state index contributed by atoms with van der Waals surface area (Å²) >= 11 is 0. The molecule has 0 spiro atoms. The molecule has 2 rings (SSSR count). The zero-order chi connectivity index (χ0) is 17.4. The van der Waals surface area contributed by atoms with E-state index in [0.717, 1.165) is 37.8 Å². The van der Waals surface area contributed by atoms with E-state index in [1.54, 1.807) is 28.6 Å². The van der Waals surface area contributed by atoms with Crippen molar-refractivity contribution in [2.24, 2.45) is 0 Å². The second kappa shape index (κ2) is 10.8. The molecule has 2 N–H and O–H groups in total. The van der Waals surface area contributed by atoms with Crippen molar-refractivity contribution in [1.82, 2.24) is 14.9 Å². The van der Waals surface area contributed by atoms with Crippen LogP contribution in [-0.2, 0) is 21.4 Å². The van der Waals surface area contributed by atoms with Gasteiger partial charge < -0.3 is 10.6 Å². The highest BCUT2D eigenvalue weighted by Gasteiger charge is 2.25. The third kappa shape index (κ3) is 6.58. The normalized spacial score (nSPS) is 15.4. The van der Waals surface area contributed by atoms with Crippen molar-refractivity contribution in [3.05, 3.63) is 29.8 Å². The number of nitrogens with one attached hydrogen (secondary N) is 2. The predicted molar refractivity (Wildman–Crippen MR) is 101 cm³/mol. The largest absolute Gasteiger partial charge is 0.352 e. The van der Waals surface area contributed by atoms with E-state index in [9.17, 15) is 13.2 Å². The van der Waals surface area contributed by atoms with E-state index in [2.05, 4.69) is 10.6 Å². The van der Waals surface area contributed by atoms with Crippen LogP contribution < -0.4 is 10.6 Å². The van der Waals surface area contributed by atoms with Crippen LogP contribution in [0, 0.1) is 0 Å². The molecule has 0 atom stereocenters. The van der Waals surface area contributed by atoms with Crippen molar-refractivity contribution < 1.29 is 13.2 Å². The lowest BCUT2D eigenvalue weighted by molar-refractivity contribution is -0.121. The minimum atomic E-state index is -3.39. The summed E-state index contributed by atoms with van der Waals surface area (Å²) in [5.74, 6) is 0.00950. The number of hydrogen-bond donors (Lipinski definition) is 2. The van der Waals surface area contributed by atoms with Gasteiger partial charge in [0.15, 0.2) is 0 Å². The van der Waals surface area contributed by atoms with Gasteiger partial charge in [-0.1, -0.05) is 18.6 Å². The zero-order valence-electron chi connectivity index (χ0n) is 14.7. The number of rotatable bonds is 8. The fourth-order valence-corrected chi connectivity index (χ4v) is 4.27. The Morgan fingerprint density at radius 1 is 1.12 bits per heavy atom. The van der Waals surface area contributed by atoms with Gasteiger partial charge in [-0.25, -0.2) is 8.42 Å². The summed E-state index contributed by atoms with van der Waals surface area (Å²) in [5.41, 5.74) is 0.898. The van der Waals surface area contributed by atoms with Gasteiger partial charge in [0, 0.05) is 26.1 Å². The Bertz CT molecular complexity index is 629. The number of carbonyl (C=O) groups excluding carboxylic acids is 1. The summed E-state index contributed by atoms with van der Waals surface area (Å²) in [6.07, 6.45) is 4.24. The standard InChI is InChI=1S/C17H27N3O3S.ClH/c1-18-11-5-6-17(21)19-14-15-7-9-16(10-8-15)24(22,23)20-12-3-2-4-13-20;/h7-10,18H,2-6,11-14H2,1H3,(H,19,21);1H. The molecule has 25 heavy (non-hydrogen) atoms. The van der Waals surface area contributed by atoms with Crippen LogP contribution >= 0.6 is 12.4 Å². The molecule has 0 saturated carbocycles. The van der Waals surface area contributed by atoms with Crippen LogP contribution in [0.5, 0.6) is 0 Å².